The fourth-order valence-electron chi connectivity index (χ4n) is 0.367. The molecule has 4 heteroatoms. The minimum Gasteiger partial charge on any atom is -0.394 e. The van der Waals surface area contributed by atoms with Gasteiger partial charge in [0.25, 0.3) is 0 Å². The molecule has 4 nitrogen and oxygen atoms in total. The van der Waals surface area contributed by atoms with Crippen molar-refractivity contribution in [2.45, 2.75) is 19.3 Å². The van der Waals surface area contributed by atoms with Crippen LogP contribution in [0.1, 0.15) is 6.92 Å². The van der Waals surface area contributed by atoms with E-state index in [0.717, 1.165) is 0 Å². The molecule has 0 rings (SSSR count). The summed E-state index contributed by atoms with van der Waals surface area (Å²) < 4.78 is 9.64. The molecule has 0 aromatic carbocycles. The largest absolute Gasteiger partial charge is 0.394 e. The number of hydrogen-bond donors (Lipinski definition) is 2. The van der Waals surface area contributed by atoms with Crippen molar-refractivity contribution in [3.8, 4) is 0 Å². The Morgan fingerprint density at radius 3 is 2.50 bits per heavy atom. The molecule has 0 saturated heterocycles. The third kappa shape index (κ3) is 4.69. The third-order valence-corrected chi connectivity index (χ3v) is 1.07. The second-order valence-electron chi connectivity index (χ2n) is 1.97. The van der Waals surface area contributed by atoms with Crippen LogP contribution in [0.2, 0.25) is 0 Å². The Labute approximate surface area is 60.4 Å². The van der Waals surface area contributed by atoms with Crippen molar-refractivity contribution in [3.63, 3.8) is 0 Å². The molecule has 2 atom stereocenters. The molecule has 0 fully saturated rings. The van der Waals surface area contributed by atoms with Crippen molar-refractivity contribution in [1.82, 2.24) is 0 Å². The van der Waals surface area contributed by atoms with E-state index in [1.165, 1.54) is 7.11 Å². The van der Waals surface area contributed by atoms with Gasteiger partial charge in [0.1, 0.15) is 6.10 Å². The van der Waals surface area contributed by atoms with Crippen LogP contribution in [0.5, 0.6) is 0 Å². The van der Waals surface area contributed by atoms with E-state index in [4.69, 9.17) is 19.7 Å². The SMILES string of the molecule is COC(C)OCC(O)CO. The highest BCUT2D eigenvalue weighted by Crippen LogP contribution is 1.92. The van der Waals surface area contributed by atoms with Gasteiger partial charge in [0, 0.05) is 7.11 Å². The Bertz CT molecular complexity index is 66.1. The Hall–Kier alpha value is -0.160. The summed E-state index contributed by atoms with van der Waals surface area (Å²) in [5.74, 6) is 0. The molecule has 0 aromatic heterocycles. The minimum absolute atomic E-state index is 0.103. The highest BCUT2D eigenvalue weighted by atomic mass is 16.7. The van der Waals surface area contributed by atoms with Crippen molar-refractivity contribution >= 4 is 0 Å². The Balaban J connectivity index is 3.17. The Morgan fingerprint density at radius 1 is 1.50 bits per heavy atom. The summed E-state index contributed by atoms with van der Waals surface area (Å²) in [7, 11) is 1.51. The molecule has 0 aliphatic rings. The van der Waals surface area contributed by atoms with Gasteiger partial charge in [-0.15, -0.1) is 0 Å². The minimum atomic E-state index is -0.808. The second kappa shape index (κ2) is 5.61. The maximum atomic E-state index is 8.77. The van der Waals surface area contributed by atoms with Gasteiger partial charge < -0.3 is 19.7 Å². The van der Waals surface area contributed by atoms with E-state index >= 15 is 0 Å². The van der Waals surface area contributed by atoms with Crippen LogP contribution in [0.25, 0.3) is 0 Å². The molecule has 0 aliphatic carbocycles. The lowest BCUT2D eigenvalue weighted by Gasteiger charge is -2.12. The van der Waals surface area contributed by atoms with Gasteiger partial charge in [-0.1, -0.05) is 0 Å². The number of rotatable bonds is 5. The lowest BCUT2D eigenvalue weighted by molar-refractivity contribution is -0.134. The standard InChI is InChI=1S/C6H14O4/c1-5(9-2)10-4-6(8)3-7/h5-8H,3-4H2,1-2H3. The van der Waals surface area contributed by atoms with Crippen LogP contribution in [0.15, 0.2) is 0 Å². The van der Waals surface area contributed by atoms with Gasteiger partial charge in [-0.25, -0.2) is 0 Å². The van der Waals surface area contributed by atoms with Crippen LogP contribution in [-0.2, 0) is 9.47 Å². The van der Waals surface area contributed by atoms with Gasteiger partial charge in [-0.2, -0.15) is 0 Å². The number of hydrogen-bond acceptors (Lipinski definition) is 4. The molecule has 0 radical (unpaired) electrons. The first kappa shape index (κ1) is 9.84. The third-order valence-electron chi connectivity index (χ3n) is 1.07. The summed E-state index contributed by atoms with van der Waals surface area (Å²) in [6.45, 7) is 1.53. The quantitative estimate of drug-likeness (QED) is 0.511. The molecule has 2 N–H and O–H groups in total. The molecule has 0 bridgehead atoms. The van der Waals surface area contributed by atoms with Crippen LogP contribution < -0.4 is 0 Å². The number of aliphatic hydroxyl groups is 2. The summed E-state index contributed by atoms with van der Waals surface area (Å²) >= 11 is 0. The number of ether oxygens (including phenoxy) is 2. The van der Waals surface area contributed by atoms with E-state index in [1.54, 1.807) is 6.92 Å². The molecule has 0 saturated carbocycles. The monoisotopic (exact) mass is 150 g/mol. The molecule has 0 spiro atoms. The zero-order chi connectivity index (χ0) is 7.98. The topological polar surface area (TPSA) is 58.9 Å². The fraction of sp³-hybridized carbons (Fsp3) is 1.00. The summed E-state index contributed by atoms with van der Waals surface area (Å²) in [6, 6.07) is 0. The molecule has 10 heavy (non-hydrogen) atoms. The van der Waals surface area contributed by atoms with Gasteiger partial charge >= 0.3 is 0 Å². The van der Waals surface area contributed by atoms with E-state index in [2.05, 4.69) is 0 Å². The smallest absolute Gasteiger partial charge is 0.154 e. The van der Waals surface area contributed by atoms with Crippen LogP contribution in [0, 0.1) is 0 Å². The molecule has 0 aliphatic heterocycles. The summed E-state index contributed by atoms with van der Waals surface area (Å²) in [6.07, 6.45) is -1.14. The Kier molecular flexibility index (Phi) is 5.52. The van der Waals surface area contributed by atoms with Gasteiger partial charge in [0.15, 0.2) is 6.29 Å². The average Bonchev–Trinajstić information content (AvgIpc) is 1.99. The summed E-state index contributed by atoms with van der Waals surface area (Å²) in [5.41, 5.74) is 0. The van der Waals surface area contributed by atoms with Crippen LogP contribution in [0.3, 0.4) is 0 Å². The van der Waals surface area contributed by atoms with E-state index in [0.29, 0.717) is 0 Å². The molecule has 0 heterocycles. The van der Waals surface area contributed by atoms with Crippen LogP contribution >= 0.6 is 0 Å². The van der Waals surface area contributed by atoms with Gasteiger partial charge in [0.05, 0.1) is 13.2 Å². The molecule has 2 unspecified atom stereocenters. The highest BCUT2D eigenvalue weighted by Gasteiger charge is 2.04. The van der Waals surface area contributed by atoms with Gasteiger partial charge in [-0.3, -0.25) is 0 Å². The molecule has 0 aromatic rings. The van der Waals surface area contributed by atoms with E-state index in [-0.39, 0.29) is 19.5 Å². The van der Waals surface area contributed by atoms with Crippen molar-refractivity contribution in [1.29, 1.82) is 0 Å². The second-order valence-corrected chi connectivity index (χ2v) is 1.97. The fourth-order valence-corrected chi connectivity index (χ4v) is 0.367. The van der Waals surface area contributed by atoms with Crippen molar-refractivity contribution in [2.24, 2.45) is 0 Å². The lowest BCUT2D eigenvalue weighted by atomic mass is 10.4. The first-order valence-corrected chi connectivity index (χ1v) is 3.14. The molecular formula is C6H14O4. The van der Waals surface area contributed by atoms with E-state index < -0.39 is 6.10 Å². The number of methoxy groups -OCH3 is 1. The maximum Gasteiger partial charge on any atom is 0.154 e. The van der Waals surface area contributed by atoms with Crippen molar-refractivity contribution in [2.75, 3.05) is 20.3 Å². The summed E-state index contributed by atoms with van der Waals surface area (Å²) in [5, 5.41) is 17.1. The van der Waals surface area contributed by atoms with Crippen LogP contribution in [-0.4, -0.2) is 42.9 Å². The van der Waals surface area contributed by atoms with Crippen molar-refractivity contribution in [3.05, 3.63) is 0 Å². The first-order chi connectivity index (χ1) is 4.70. The van der Waals surface area contributed by atoms with Gasteiger partial charge in [-0.05, 0) is 6.92 Å². The zero-order valence-corrected chi connectivity index (χ0v) is 6.28. The lowest BCUT2D eigenvalue weighted by Crippen LogP contribution is -2.23. The molecule has 0 amide bonds. The molecular weight excluding hydrogens is 136 g/mol. The average molecular weight is 150 g/mol. The predicted octanol–water partition coefficient (Wildman–Crippen LogP) is -0.651. The van der Waals surface area contributed by atoms with E-state index in [1.807, 2.05) is 0 Å². The normalized spacial score (nSPS) is 16.8. The highest BCUT2D eigenvalue weighted by molar-refractivity contribution is 4.48. The molecule has 62 valence electrons. The van der Waals surface area contributed by atoms with Crippen LogP contribution in [0.4, 0.5) is 0 Å². The van der Waals surface area contributed by atoms with Crippen molar-refractivity contribution < 1.29 is 19.7 Å². The first-order valence-electron chi connectivity index (χ1n) is 3.14. The van der Waals surface area contributed by atoms with E-state index in [9.17, 15) is 0 Å². The summed E-state index contributed by atoms with van der Waals surface area (Å²) in [4.78, 5) is 0. The predicted molar refractivity (Wildman–Crippen MR) is 35.5 cm³/mol. The Morgan fingerprint density at radius 2 is 2.10 bits per heavy atom. The van der Waals surface area contributed by atoms with Gasteiger partial charge in [0.2, 0.25) is 0 Å². The number of aliphatic hydroxyl groups excluding tert-OH is 2. The zero-order valence-electron chi connectivity index (χ0n) is 6.28. The maximum absolute atomic E-state index is 8.77.